The van der Waals surface area contributed by atoms with Gasteiger partial charge >= 0.3 is 17.9 Å². The quantitative estimate of drug-likeness (QED) is 0.0364. The van der Waals surface area contributed by atoms with Gasteiger partial charge in [0, 0.05) is 6.42 Å². The third-order valence-corrected chi connectivity index (χ3v) is 10.6. The SMILES string of the molecule is C=CCCCCCCCCC(=O)OCCCCCCOc1ccc(C(=O)Oc2ccc(-c3ccc(OC(=O)COC4CC(C)CCC4C(C)C)cc3)cc2)cc1. The van der Waals surface area contributed by atoms with Gasteiger partial charge in [-0.3, -0.25) is 4.79 Å². The Labute approximate surface area is 335 Å². The zero-order valence-corrected chi connectivity index (χ0v) is 34.0. The van der Waals surface area contributed by atoms with E-state index in [9.17, 15) is 14.4 Å². The Morgan fingerprint density at radius 1 is 0.679 bits per heavy atom. The fourth-order valence-electron chi connectivity index (χ4n) is 7.20. The highest BCUT2D eigenvalue weighted by atomic mass is 16.6. The van der Waals surface area contributed by atoms with Crippen LogP contribution in [0.4, 0.5) is 0 Å². The molecule has 0 aromatic heterocycles. The highest BCUT2D eigenvalue weighted by molar-refractivity contribution is 5.91. The summed E-state index contributed by atoms with van der Waals surface area (Å²) in [6, 6.07) is 21.5. The molecule has 3 aromatic rings. The molecule has 1 aliphatic carbocycles. The molecular formula is C48H64O8. The van der Waals surface area contributed by atoms with Crippen molar-refractivity contribution in [1.82, 2.24) is 0 Å². The molecule has 1 saturated carbocycles. The van der Waals surface area contributed by atoms with Crippen LogP contribution >= 0.6 is 0 Å². The van der Waals surface area contributed by atoms with Gasteiger partial charge in [0.15, 0.2) is 0 Å². The number of hydrogen-bond acceptors (Lipinski definition) is 8. The number of unbranched alkanes of at least 4 members (excludes halogenated alkanes) is 9. The summed E-state index contributed by atoms with van der Waals surface area (Å²) >= 11 is 0. The van der Waals surface area contributed by atoms with Crippen LogP contribution in [-0.4, -0.2) is 43.8 Å². The van der Waals surface area contributed by atoms with E-state index in [0.29, 0.717) is 60.2 Å². The first-order valence-electron chi connectivity index (χ1n) is 21.0. The van der Waals surface area contributed by atoms with Gasteiger partial charge in [0.1, 0.15) is 23.9 Å². The molecule has 3 aromatic carbocycles. The van der Waals surface area contributed by atoms with Crippen molar-refractivity contribution in [2.45, 2.75) is 123 Å². The Hall–Kier alpha value is -4.43. The Morgan fingerprint density at radius 2 is 1.25 bits per heavy atom. The first-order chi connectivity index (χ1) is 27.2. The molecule has 1 fully saturated rings. The van der Waals surface area contributed by atoms with Gasteiger partial charge in [-0.2, -0.15) is 0 Å². The van der Waals surface area contributed by atoms with Gasteiger partial charge in [-0.15, -0.1) is 6.58 Å². The molecule has 4 rings (SSSR count). The van der Waals surface area contributed by atoms with Crippen LogP contribution in [0, 0.1) is 17.8 Å². The molecule has 0 bridgehead atoms. The molecule has 0 saturated heterocycles. The second-order valence-corrected chi connectivity index (χ2v) is 15.5. The first kappa shape index (κ1) is 44.3. The number of rotatable bonds is 25. The fourth-order valence-corrected chi connectivity index (χ4v) is 7.20. The summed E-state index contributed by atoms with van der Waals surface area (Å²) in [6.45, 7) is 11.4. The summed E-state index contributed by atoms with van der Waals surface area (Å²) in [7, 11) is 0. The van der Waals surface area contributed by atoms with Crippen LogP contribution in [-0.2, 0) is 19.1 Å². The number of esters is 3. The molecular weight excluding hydrogens is 705 g/mol. The van der Waals surface area contributed by atoms with Crippen molar-refractivity contribution >= 4 is 17.9 Å². The zero-order valence-electron chi connectivity index (χ0n) is 34.0. The van der Waals surface area contributed by atoms with Gasteiger partial charge in [-0.1, -0.05) is 83.2 Å². The van der Waals surface area contributed by atoms with Crippen molar-refractivity contribution in [2.24, 2.45) is 17.8 Å². The predicted molar refractivity (Wildman–Crippen MR) is 222 cm³/mol. The molecule has 0 aliphatic heterocycles. The summed E-state index contributed by atoms with van der Waals surface area (Å²) in [5, 5.41) is 0. The lowest BCUT2D eigenvalue weighted by Gasteiger charge is -2.36. The largest absolute Gasteiger partial charge is 0.494 e. The highest BCUT2D eigenvalue weighted by Crippen LogP contribution is 2.35. The van der Waals surface area contributed by atoms with E-state index in [4.69, 9.17) is 23.7 Å². The molecule has 1 aliphatic rings. The Bertz CT molecular complexity index is 1600. The summed E-state index contributed by atoms with van der Waals surface area (Å²) in [5.74, 6) is 2.26. The minimum absolute atomic E-state index is 0.0538. The molecule has 56 heavy (non-hydrogen) atoms. The van der Waals surface area contributed by atoms with Gasteiger partial charge in [0.2, 0.25) is 0 Å². The maximum absolute atomic E-state index is 12.8. The number of allylic oxidation sites excluding steroid dienone is 1. The van der Waals surface area contributed by atoms with E-state index in [-0.39, 0.29) is 18.7 Å². The van der Waals surface area contributed by atoms with E-state index in [1.165, 1.54) is 32.1 Å². The Kier molecular flexibility index (Phi) is 19.7. The molecule has 304 valence electrons. The Morgan fingerprint density at radius 3 is 1.89 bits per heavy atom. The fraction of sp³-hybridized carbons (Fsp3) is 0.521. The minimum Gasteiger partial charge on any atom is -0.494 e. The molecule has 3 atom stereocenters. The van der Waals surface area contributed by atoms with E-state index in [0.717, 1.165) is 68.9 Å². The summed E-state index contributed by atoms with van der Waals surface area (Å²) < 4.78 is 28.4. The molecule has 0 amide bonds. The van der Waals surface area contributed by atoms with E-state index in [1.807, 2.05) is 30.3 Å². The van der Waals surface area contributed by atoms with Crippen LogP contribution in [0.2, 0.25) is 0 Å². The molecule has 0 radical (unpaired) electrons. The summed E-state index contributed by atoms with van der Waals surface area (Å²) in [4.78, 5) is 37.3. The van der Waals surface area contributed by atoms with E-state index in [2.05, 4.69) is 27.4 Å². The topological polar surface area (TPSA) is 97.4 Å². The van der Waals surface area contributed by atoms with Crippen LogP contribution < -0.4 is 14.2 Å². The maximum atomic E-state index is 12.8. The molecule has 0 spiro atoms. The Balaban J connectivity index is 1.07. The van der Waals surface area contributed by atoms with Gasteiger partial charge in [-0.25, -0.2) is 9.59 Å². The highest BCUT2D eigenvalue weighted by Gasteiger charge is 2.32. The van der Waals surface area contributed by atoms with Crippen LogP contribution in [0.15, 0.2) is 85.5 Å². The van der Waals surface area contributed by atoms with Crippen LogP contribution in [0.1, 0.15) is 127 Å². The van der Waals surface area contributed by atoms with Crippen molar-refractivity contribution in [3.8, 4) is 28.4 Å². The van der Waals surface area contributed by atoms with Crippen molar-refractivity contribution < 1.29 is 38.1 Å². The van der Waals surface area contributed by atoms with Crippen molar-refractivity contribution in [1.29, 1.82) is 0 Å². The summed E-state index contributed by atoms with van der Waals surface area (Å²) in [5.41, 5.74) is 2.30. The lowest BCUT2D eigenvalue weighted by molar-refractivity contribution is -0.145. The minimum atomic E-state index is -0.451. The third kappa shape index (κ3) is 16.4. The van der Waals surface area contributed by atoms with Crippen molar-refractivity contribution in [2.75, 3.05) is 19.8 Å². The van der Waals surface area contributed by atoms with Crippen LogP contribution in [0.5, 0.6) is 17.2 Å². The number of hydrogen-bond donors (Lipinski definition) is 0. The molecule has 0 N–H and O–H groups in total. The van der Waals surface area contributed by atoms with Gasteiger partial charge in [0.25, 0.3) is 0 Å². The number of carbonyl (C=O) groups is 3. The van der Waals surface area contributed by atoms with Crippen molar-refractivity contribution in [3.63, 3.8) is 0 Å². The standard InChI is InChI=1S/C48H64O8/c1-5-6-7-8-9-10-11-14-17-46(49)53-33-16-13-12-15-32-52-41-25-23-40(24-26-41)48(51)56-43-29-21-39(22-30-43)38-19-27-42(28-20-38)55-47(50)35-54-45-34-37(4)18-31-44(45)36(2)3/h5,19-30,36-37,44-45H,1,6-18,31-35H2,2-4H3. The molecule has 3 unspecified atom stereocenters. The van der Waals surface area contributed by atoms with Crippen LogP contribution in [0.25, 0.3) is 11.1 Å². The molecule has 0 heterocycles. The normalized spacial score (nSPS) is 16.6. The second-order valence-electron chi connectivity index (χ2n) is 15.5. The lowest BCUT2D eigenvalue weighted by atomic mass is 9.75. The first-order valence-corrected chi connectivity index (χ1v) is 21.0. The average molecular weight is 769 g/mol. The zero-order chi connectivity index (χ0) is 40.0. The van der Waals surface area contributed by atoms with E-state index in [1.54, 1.807) is 48.5 Å². The van der Waals surface area contributed by atoms with E-state index < -0.39 is 11.9 Å². The van der Waals surface area contributed by atoms with Crippen molar-refractivity contribution in [3.05, 3.63) is 91.0 Å². The number of benzene rings is 3. The van der Waals surface area contributed by atoms with Gasteiger partial charge in [-0.05, 0) is 135 Å². The van der Waals surface area contributed by atoms with Gasteiger partial charge < -0.3 is 23.7 Å². The number of carbonyl (C=O) groups excluding carboxylic acids is 3. The predicted octanol–water partition coefficient (Wildman–Crippen LogP) is 11.7. The van der Waals surface area contributed by atoms with E-state index >= 15 is 0 Å². The smallest absolute Gasteiger partial charge is 0.343 e. The summed E-state index contributed by atoms with van der Waals surface area (Å²) in [6.07, 6.45) is 17.5. The average Bonchev–Trinajstić information content (AvgIpc) is 3.20. The number of ether oxygens (including phenoxy) is 5. The van der Waals surface area contributed by atoms with Gasteiger partial charge in [0.05, 0.1) is 24.9 Å². The maximum Gasteiger partial charge on any atom is 0.343 e. The van der Waals surface area contributed by atoms with Crippen LogP contribution in [0.3, 0.4) is 0 Å². The molecule has 8 nitrogen and oxygen atoms in total. The third-order valence-electron chi connectivity index (χ3n) is 10.6. The monoisotopic (exact) mass is 768 g/mol. The lowest BCUT2D eigenvalue weighted by Crippen LogP contribution is -2.36. The molecule has 8 heteroatoms. The second kappa shape index (κ2) is 25.0.